The van der Waals surface area contributed by atoms with E-state index in [1.54, 1.807) is 25.3 Å². The summed E-state index contributed by atoms with van der Waals surface area (Å²) in [6.45, 7) is 4.10. The first-order valence-electron chi connectivity index (χ1n) is 7.01. The molecule has 0 aliphatic rings. The lowest BCUT2D eigenvalue weighted by Crippen LogP contribution is -2.12. The lowest BCUT2D eigenvalue weighted by atomic mass is 10.1. The second kappa shape index (κ2) is 6.29. The molecular formula is C17H15BrN2O2S. The minimum absolute atomic E-state index is 0.218. The second-order valence-corrected chi connectivity index (χ2v) is 7.06. The third-order valence-corrected chi connectivity index (χ3v) is 5.35. The molecule has 0 bridgehead atoms. The molecule has 3 rings (SSSR count). The van der Waals surface area contributed by atoms with E-state index in [2.05, 4.69) is 39.2 Å². The summed E-state index contributed by atoms with van der Waals surface area (Å²) >= 11 is 4.87. The van der Waals surface area contributed by atoms with Crippen LogP contribution in [0.3, 0.4) is 0 Å². The van der Waals surface area contributed by atoms with Gasteiger partial charge < -0.3 is 4.74 Å². The predicted octanol–water partition coefficient (Wildman–Crippen LogP) is 4.94. The summed E-state index contributed by atoms with van der Waals surface area (Å²) in [7, 11) is 1.57. The molecule has 1 amide bonds. The Balaban J connectivity index is 1.93. The number of nitrogens with zero attached hydrogens (tertiary/aromatic N) is 1. The van der Waals surface area contributed by atoms with Crippen molar-refractivity contribution < 1.29 is 9.53 Å². The van der Waals surface area contributed by atoms with E-state index in [0.717, 1.165) is 15.8 Å². The summed E-state index contributed by atoms with van der Waals surface area (Å²) in [5.74, 6) is 0.415. The standard InChI is InChI=1S/C17H15BrN2O2S/c1-9-4-7-14-15(10(9)2)19-17(23-14)20-16(21)12-8-11(22-3)5-6-13(12)18/h4-8H,1-3H3,(H,19,20,21). The van der Waals surface area contributed by atoms with Crippen LogP contribution < -0.4 is 10.1 Å². The van der Waals surface area contributed by atoms with Crippen LogP contribution in [0.4, 0.5) is 5.13 Å². The molecule has 6 heteroatoms. The summed E-state index contributed by atoms with van der Waals surface area (Å²) in [5, 5.41) is 3.46. The molecule has 23 heavy (non-hydrogen) atoms. The molecule has 0 atom stereocenters. The number of fused-ring (bicyclic) bond motifs is 1. The highest BCUT2D eigenvalue weighted by molar-refractivity contribution is 9.10. The highest BCUT2D eigenvalue weighted by Gasteiger charge is 2.15. The normalized spacial score (nSPS) is 10.8. The molecule has 0 fully saturated rings. The van der Waals surface area contributed by atoms with Gasteiger partial charge in [-0.25, -0.2) is 4.98 Å². The van der Waals surface area contributed by atoms with Crippen molar-refractivity contribution in [1.82, 2.24) is 4.98 Å². The van der Waals surface area contributed by atoms with E-state index in [9.17, 15) is 4.79 Å². The number of aromatic nitrogens is 1. The molecular weight excluding hydrogens is 376 g/mol. The van der Waals surface area contributed by atoms with Crippen LogP contribution >= 0.6 is 27.3 Å². The number of hydrogen-bond acceptors (Lipinski definition) is 4. The third-order valence-electron chi connectivity index (χ3n) is 3.72. The maximum absolute atomic E-state index is 12.5. The first kappa shape index (κ1) is 16.0. The van der Waals surface area contributed by atoms with Crippen LogP contribution in [0.5, 0.6) is 5.75 Å². The van der Waals surface area contributed by atoms with E-state index >= 15 is 0 Å². The molecule has 2 aromatic carbocycles. The van der Waals surface area contributed by atoms with Gasteiger partial charge in [0, 0.05) is 4.47 Å². The topological polar surface area (TPSA) is 51.2 Å². The zero-order valence-electron chi connectivity index (χ0n) is 12.9. The molecule has 1 N–H and O–H groups in total. The average molecular weight is 391 g/mol. The number of anilines is 1. The highest BCUT2D eigenvalue weighted by atomic mass is 79.9. The SMILES string of the molecule is COc1ccc(Br)c(C(=O)Nc2nc3c(C)c(C)ccc3s2)c1. The van der Waals surface area contributed by atoms with Crippen LogP contribution in [0.1, 0.15) is 21.5 Å². The van der Waals surface area contributed by atoms with Gasteiger partial charge in [-0.15, -0.1) is 0 Å². The minimum atomic E-state index is -0.218. The molecule has 1 heterocycles. The van der Waals surface area contributed by atoms with Crippen molar-refractivity contribution in [3.63, 3.8) is 0 Å². The van der Waals surface area contributed by atoms with E-state index < -0.39 is 0 Å². The van der Waals surface area contributed by atoms with E-state index in [4.69, 9.17) is 4.74 Å². The average Bonchev–Trinajstić information content (AvgIpc) is 2.95. The maximum Gasteiger partial charge on any atom is 0.258 e. The van der Waals surface area contributed by atoms with Crippen molar-refractivity contribution in [1.29, 1.82) is 0 Å². The Morgan fingerprint density at radius 1 is 1.26 bits per heavy atom. The van der Waals surface area contributed by atoms with Crippen LogP contribution in [0.15, 0.2) is 34.8 Å². The summed E-state index contributed by atoms with van der Waals surface area (Å²) in [4.78, 5) is 17.1. The Kier molecular flexibility index (Phi) is 4.37. The Morgan fingerprint density at radius 3 is 2.78 bits per heavy atom. The van der Waals surface area contributed by atoms with E-state index in [0.29, 0.717) is 20.9 Å². The van der Waals surface area contributed by atoms with E-state index in [1.807, 2.05) is 13.0 Å². The number of rotatable bonds is 3. The van der Waals surface area contributed by atoms with Gasteiger partial charge in [0.05, 0.1) is 22.9 Å². The third kappa shape index (κ3) is 3.09. The molecule has 0 unspecified atom stereocenters. The monoisotopic (exact) mass is 390 g/mol. The van der Waals surface area contributed by atoms with Crippen LogP contribution in [-0.2, 0) is 0 Å². The molecule has 1 aromatic heterocycles. The molecule has 0 aliphatic heterocycles. The van der Waals surface area contributed by atoms with Gasteiger partial charge in [-0.2, -0.15) is 0 Å². The second-order valence-electron chi connectivity index (χ2n) is 5.17. The van der Waals surface area contributed by atoms with Gasteiger partial charge in [-0.05, 0) is 65.2 Å². The van der Waals surface area contributed by atoms with Gasteiger partial charge in [0.1, 0.15) is 5.75 Å². The van der Waals surface area contributed by atoms with Crippen LogP contribution in [0, 0.1) is 13.8 Å². The summed E-state index contributed by atoms with van der Waals surface area (Å²) in [5.41, 5.74) is 3.78. The fourth-order valence-corrected chi connectivity index (χ4v) is 3.60. The fraction of sp³-hybridized carbons (Fsp3) is 0.176. The lowest BCUT2D eigenvalue weighted by Gasteiger charge is -2.06. The predicted molar refractivity (Wildman–Crippen MR) is 97.7 cm³/mol. The smallest absolute Gasteiger partial charge is 0.258 e. The molecule has 0 radical (unpaired) electrons. The number of methoxy groups -OCH3 is 1. The number of carbonyl (C=O) groups excluding carboxylic acids is 1. The molecule has 0 spiro atoms. The van der Waals surface area contributed by atoms with Crippen molar-refractivity contribution in [3.05, 3.63) is 51.5 Å². The number of aryl methyl sites for hydroxylation is 2. The maximum atomic E-state index is 12.5. The number of hydrogen-bond donors (Lipinski definition) is 1. The zero-order valence-corrected chi connectivity index (χ0v) is 15.3. The molecule has 0 aliphatic carbocycles. The zero-order chi connectivity index (χ0) is 16.6. The van der Waals surface area contributed by atoms with Crippen LogP contribution in [0.25, 0.3) is 10.2 Å². The van der Waals surface area contributed by atoms with Gasteiger partial charge in [-0.3, -0.25) is 10.1 Å². The molecule has 118 valence electrons. The minimum Gasteiger partial charge on any atom is -0.497 e. The Morgan fingerprint density at radius 2 is 2.04 bits per heavy atom. The Hall–Kier alpha value is -1.92. The van der Waals surface area contributed by atoms with Crippen molar-refractivity contribution in [2.75, 3.05) is 12.4 Å². The number of amides is 1. The van der Waals surface area contributed by atoms with Gasteiger partial charge >= 0.3 is 0 Å². The van der Waals surface area contributed by atoms with Crippen molar-refractivity contribution in [3.8, 4) is 5.75 Å². The summed E-state index contributed by atoms with van der Waals surface area (Å²) in [6, 6.07) is 9.39. The van der Waals surface area contributed by atoms with E-state index in [-0.39, 0.29) is 5.91 Å². The van der Waals surface area contributed by atoms with Crippen LogP contribution in [0.2, 0.25) is 0 Å². The lowest BCUT2D eigenvalue weighted by molar-refractivity contribution is 0.102. The first-order valence-corrected chi connectivity index (χ1v) is 8.62. The number of benzene rings is 2. The molecule has 0 saturated heterocycles. The summed E-state index contributed by atoms with van der Waals surface area (Å²) < 4.78 is 6.95. The van der Waals surface area contributed by atoms with Crippen molar-refractivity contribution in [2.24, 2.45) is 0 Å². The largest absolute Gasteiger partial charge is 0.497 e. The van der Waals surface area contributed by atoms with Gasteiger partial charge in [0.2, 0.25) is 0 Å². The number of nitrogens with one attached hydrogen (secondary N) is 1. The number of ether oxygens (including phenoxy) is 1. The fourth-order valence-electron chi connectivity index (χ4n) is 2.25. The van der Waals surface area contributed by atoms with Crippen LogP contribution in [-0.4, -0.2) is 18.0 Å². The Labute approximate surface area is 146 Å². The number of thiazole rings is 1. The van der Waals surface area contributed by atoms with Crippen molar-refractivity contribution in [2.45, 2.75) is 13.8 Å². The summed E-state index contributed by atoms with van der Waals surface area (Å²) in [6.07, 6.45) is 0. The van der Waals surface area contributed by atoms with Gasteiger partial charge in [-0.1, -0.05) is 17.4 Å². The van der Waals surface area contributed by atoms with Gasteiger partial charge in [0.15, 0.2) is 5.13 Å². The highest BCUT2D eigenvalue weighted by Crippen LogP contribution is 2.30. The quantitative estimate of drug-likeness (QED) is 0.688. The molecule has 0 saturated carbocycles. The number of carbonyl (C=O) groups is 1. The van der Waals surface area contributed by atoms with E-state index in [1.165, 1.54) is 16.9 Å². The molecule has 4 nitrogen and oxygen atoms in total. The number of halogens is 1. The van der Waals surface area contributed by atoms with Gasteiger partial charge in [0.25, 0.3) is 5.91 Å². The van der Waals surface area contributed by atoms with Crippen molar-refractivity contribution >= 4 is 48.5 Å². The Bertz CT molecular complexity index is 905. The first-order chi connectivity index (χ1) is 11.0. The molecule has 3 aromatic rings.